The first-order chi connectivity index (χ1) is 9.97. The zero-order valence-electron chi connectivity index (χ0n) is 13.4. The Morgan fingerprint density at radius 2 is 1.10 bits per heavy atom. The minimum atomic E-state index is 1.22. The lowest BCUT2D eigenvalue weighted by molar-refractivity contribution is -0.617. The number of aromatic nitrogens is 1. The molecule has 0 unspecified atom stereocenters. The fraction of sp³-hybridized carbons (Fsp3) is 0.278. The Morgan fingerprint density at radius 3 is 1.48 bits per heavy atom. The van der Waals surface area contributed by atoms with Gasteiger partial charge in [-0.1, -0.05) is 0 Å². The fourth-order valence-electron chi connectivity index (χ4n) is 2.74. The molecule has 0 N–H and O–H groups in total. The van der Waals surface area contributed by atoms with Crippen molar-refractivity contribution in [3.8, 4) is 0 Å². The van der Waals surface area contributed by atoms with E-state index < -0.39 is 0 Å². The van der Waals surface area contributed by atoms with E-state index in [1.165, 1.54) is 33.2 Å². The predicted molar refractivity (Wildman–Crippen MR) is 91.3 cm³/mol. The van der Waals surface area contributed by atoms with E-state index in [1.54, 1.807) is 0 Å². The molecule has 1 heterocycles. The lowest BCUT2D eigenvalue weighted by Crippen LogP contribution is -2.30. The van der Waals surface area contributed by atoms with Crippen molar-refractivity contribution in [2.24, 2.45) is 7.05 Å². The van der Waals surface area contributed by atoms with Crippen molar-refractivity contribution in [3.05, 3.63) is 42.5 Å². The number of nitrogens with zero attached hydrogens (tertiary/aromatic N) is 3. The standard InChI is InChI=1S/C18H22N3/c1-19(2)15-8-6-13-10-14-7-9-16(20(3)4)12-18(14)21(5)17(13)11-15/h6-12H,1-5H3/q+1. The summed E-state index contributed by atoms with van der Waals surface area (Å²) in [7, 11) is 10.4. The largest absolute Gasteiger partial charge is 0.377 e. The van der Waals surface area contributed by atoms with Crippen molar-refractivity contribution in [1.82, 2.24) is 0 Å². The molecule has 0 atom stereocenters. The number of pyridine rings is 1. The summed E-state index contributed by atoms with van der Waals surface area (Å²) in [5.41, 5.74) is 4.96. The van der Waals surface area contributed by atoms with Crippen LogP contribution in [0.2, 0.25) is 0 Å². The summed E-state index contributed by atoms with van der Waals surface area (Å²) in [6, 6.07) is 15.5. The van der Waals surface area contributed by atoms with Crippen molar-refractivity contribution in [2.75, 3.05) is 38.0 Å². The molecule has 0 fully saturated rings. The van der Waals surface area contributed by atoms with Gasteiger partial charge in [0.05, 0.1) is 0 Å². The summed E-state index contributed by atoms with van der Waals surface area (Å²) < 4.78 is 2.28. The first kappa shape index (κ1) is 13.7. The maximum Gasteiger partial charge on any atom is 0.214 e. The minimum absolute atomic E-state index is 1.22. The summed E-state index contributed by atoms with van der Waals surface area (Å²) in [4.78, 5) is 4.28. The highest BCUT2D eigenvalue weighted by Crippen LogP contribution is 2.24. The maximum atomic E-state index is 2.28. The second-order valence-corrected chi connectivity index (χ2v) is 5.98. The number of benzene rings is 2. The number of anilines is 2. The second-order valence-electron chi connectivity index (χ2n) is 5.98. The number of hydrogen-bond acceptors (Lipinski definition) is 2. The molecule has 0 amide bonds. The highest BCUT2D eigenvalue weighted by Gasteiger charge is 2.13. The van der Waals surface area contributed by atoms with E-state index in [1.807, 2.05) is 0 Å². The average molecular weight is 280 g/mol. The maximum absolute atomic E-state index is 2.28. The van der Waals surface area contributed by atoms with Crippen molar-refractivity contribution in [1.29, 1.82) is 0 Å². The lowest BCUT2D eigenvalue weighted by Gasteiger charge is -2.14. The molecule has 2 aromatic carbocycles. The predicted octanol–water partition coefficient (Wildman–Crippen LogP) is 2.95. The molecule has 3 rings (SSSR count). The molecule has 3 heteroatoms. The van der Waals surface area contributed by atoms with Crippen molar-refractivity contribution in [2.45, 2.75) is 0 Å². The van der Waals surface area contributed by atoms with Gasteiger partial charge in [0.25, 0.3) is 0 Å². The zero-order chi connectivity index (χ0) is 15.1. The van der Waals surface area contributed by atoms with E-state index in [4.69, 9.17) is 0 Å². The van der Waals surface area contributed by atoms with E-state index in [2.05, 4.69) is 92.1 Å². The molecule has 21 heavy (non-hydrogen) atoms. The van der Waals surface area contributed by atoms with E-state index in [9.17, 15) is 0 Å². The summed E-state index contributed by atoms with van der Waals surface area (Å²) in [5.74, 6) is 0. The van der Waals surface area contributed by atoms with Crippen LogP contribution in [0.15, 0.2) is 42.5 Å². The van der Waals surface area contributed by atoms with Crippen LogP contribution in [0.1, 0.15) is 0 Å². The van der Waals surface area contributed by atoms with Gasteiger partial charge in [-0.05, 0) is 30.3 Å². The molecule has 0 aliphatic carbocycles. The van der Waals surface area contributed by atoms with Gasteiger partial charge in [0, 0.05) is 62.5 Å². The molecule has 108 valence electrons. The van der Waals surface area contributed by atoms with Crippen LogP contribution in [0.4, 0.5) is 11.4 Å². The van der Waals surface area contributed by atoms with Gasteiger partial charge in [-0.3, -0.25) is 0 Å². The van der Waals surface area contributed by atoms with Gasteiger partial charge in [0.2, 0.25) is 11.0 Å². The Balaban J connectivity index is 2.34. The normalized spacial score (nSPS) is 11.1. The Labute approximate surface area is 126 Å². The molecule has 0 aliphatic heterocycles. The minimum Gasteiger partial charge on any atom is -0.377 e. The van der Waals surface area contributed by atoms with Gasteiger partial charge in [0.15, 0.2) is 0 Å². The van der Waals surface area contributed by atoms with E-state index in [0.717, 1.165) is 0 Å². The Morgan fingerprint density at radius 1 is 0.667 bits per heavy atom. The molecular formula is C18H22N3+. The van der Waals surface area contributed by atoms with Gasteiger partial charge >= 0.3 is 0 Å². The van der Waals surface area contributed by atoms with Crippen LogP contribution in [0.25, 0.3) is 21.8 Å². The second kappa shape index (κ2) is 4.92. The molecule has 3 nitrogen and oxygen atoms in total. The molecular weight excluding hydrogens is 258 g/mol. The Kier molecular flexibility index (Phi) is 3.20. The van der Waals surface area contributed by atoms with E-state index in [0.29, 0.717) is 0 Å². The van der Waals surface area contributed by atoms with Crippen LogP contribution < -0.4 is 14.4 Å². The van der Waals surface area contributed by atoms with Crippen LogP contribution in [0, 0.1) is 0 Å². The molecule has 1 aromatic heterocycles. The van der Waals surface area contributed by atoms with Crippen LogP contribution in [0.3, 0.4) is 0 Å². The van der Waals surface area contributed by atoms with Gasteiger partial charge in [-0.2, -0.15) is 4.57 Å². The number of fused-ring (bicyclic) bond motifs is 2. The third-order valence-corrected chi connectivity index (χ3v) is 4.09. The first-order valence-corrected chi connectivity index (χ1v) is 7.18. The SMILES string of the molecule is CN(C)c1ccc2cc3ccc(N(C)C)cc3[n+](C)c2c1. The number of aryl methyl sites for hydroxylation is 1. The van der Waals surface area contributed by atoms with Crippen molar-refractivity contribution in [3.63, 3.8) is 0 Å². The Hall–Kier alpha value is -2.29. The number of hydrogen-bond donors (Lipinski definition) is 0. The highest BCUT2D eigenvalue weighted by atomic mass is 15.1. The summed E-state index contributed by atoms with van der Waals surface area (Å²) >= 11 is 0. The smallest absolute Gasteiger partial charge is 0.214 e. The molecule has 0 radical (unpaired) electrons. The van der Waals surface area contributed by atoms with E-state index in [-0.39, 0.29) is 0 Å². The van der Waals surface area contributed by atoms with Gasteiger partial charge < -0.3 is 9.80 Å². The number of rotatable bonds is 2. The lowest BCUT2D eigenvalue weighted by atomic mass is 10.1. The van der Waals surface area contributed by atoms with E-state index >= 15 is 0 Å². The topological polar surface area (TPSA) is 10.4 Å². The van der Waals surface area contributed by atoms with Gasteiger partial charge in [-0.15, -0.1) is 0 Å². The third-order valence-electron chi connectivity index (χ3n) is 4.09. The van der Waals surface area contributed by atoms with Crippen molar-refractivity contribution < 1.29 is 4.57 Å². The van der Waals surface area contributed by atoms with Crippen LogP contribution in [-0.4, -0.2) is 28.2 Å². The third kappa shape index (κ3) is 2.29. The Bertz CT molecular complexity index is 753. The summed E-state index contributed by atoms with van der Waals surface area (Å²) in [6.07, 6.45) is 0. The first-order valence-electron chi connectivity index (χ1n) is 7.18. The monoisotopic (exact) mass is 280 g/mol. The van der Waals surface area contributed by atoms with Crippen LogP contribution in [0.5, 0.6) is 0 Å². The van der Waals surface area contributed by atoms with Gasteiger partial charge in [-0.25, -0.2) is 0 Å². The fourth-order valence-corrected chi connectivity index (χ4v) is 2.74. The van der Waals surface area contributed by atoms with Crippen LogP contribution >= 0.6 is 0 Å². The zero-order valence-corrected chi connectivity index (χ0v) is 13.4. The quantitative estimate of drug-likeness (QED) is 0.528. The molecule has 0 saturated heterocycles. The summed E-state index contributed by atoms with van der Waals surface area (Å²) in [5, 5.41) is 2.54. The van der Waals surface area contributed by atoms with Gasteiger partial charge in [0.1, 0.15) is 7.05 Å². The average Bonchev–Trinajstić information content (AvgIpc) is 2.46. The molecule has 3 aromatic rings. The summed E-state index contributed by atoms with van der Waals surface area (Å²) in [6.45, 7) is 0. The molecule has 0 saturated carbocycles. The molecule has 0 aliphatic rings. The molecule has 0 spiro atoms. The highest BCUT2D eigenvalue weighted by molar-refractivity contribution is 5.91. The molecule has 0 bridgehead atoms. The van der Waals surface area contributed by atoms with Crippen molar-refractivity contribution >= 4 is 33.2 Å². The van der Waals surface area contributed by atoms with Crippen LogP contribution in [-0.2, 0) is 7.05 Å².